The Kier molecular flexibility index (Phi) is 4.69. The van der Waals surface area contributed by atoms with Crippen LogP contribution in [0, 0.1) is 15.5 Å². The summed E-state index contributed by atoms with van der Waals surface area (Å²) in [6, 6.07) is 5.94. The molecule has 1 fully saturated rings. The standard InChI is InChI=1S/C14H20N2O4/c17-8-7-14(5-6-14)10-15-9-13(18)11-1-3-12(4-2-11)16(19)20/h1-4,13,15,17-18H,5-10H2. The number of nitrogens with zero attached hydrogens (tertiary/aromatic N) is 1. The average molecular weight is 280 g/mol. The lowest BCUT2D eigenvalue weighted by molar-refractivity contribution is -0.384. The van der Waals surface area contributed by atoms with Gasteiger partial charge in [-0.15, -0.1) is 0 Å². The number of nitrogens with one attached hydrogen (secondary N) is 1. The third-order valence-electron chi connectivity index (χ3n) is 3.93. The Hall–Kier alpha value is -1.50. The van der Waals surface area contributed by atoms with Crippen molar-refractivity contribution in [2.24, 2.45) is 5.41 Å². The first-order valence-electron chi connectivity index (χ1n) is 6.80. The predicted octanol–water partition coefficient (Wildman–Crippen LogP) is 1.38. The van der Waals surface area contributed by atoms with E-state index in [4.69, 9.17) is 5.11 Å². The topological polar surface area (TPSA) is 95.6 Å². The molecule has 0 aliphatic heterocycles. The molecule has 0 heterocycles. The van der Waals surface area contributed by atoms with Crippen molar-refractivity contribution in [3.8, 4) is 0 Å². The molecule has 0 amide bonds. The summed E-state index contributed by atoms with van der Waals surface area (Å²) < 4.78 is 0. The lowest BCUT2D eigenvalue weighted by Gasteiger charge is -2.17. The monoisotopic (exact) mass is 280 g/mol. The van der Waals surface area contributed by atoms with Crippen LogP contribution in [0.25, 0.3) is 0 Å². The van der Waals surface area contributed by atoms with Gasteiger partial charge in [0.25, 0.3) is 5.69 Å². The van der Waals surface area contributed by atoms with Gasteiger partial charge in [-0.1, -0.05) is 0 Å². The normalized spacial score (nSPS) is 17.7. The number of hydrogen-bond acceptors (Lipinski definition) is 5. The van der Waals surface area contributed by atoms with E-state index in [0.29, 0.717) is 12.1 Å². The van der Waals surface area contributed by atoms with Gasteiger partial charge in [0.2, 0.25) is 0 Å². The van der Waals surface area contributed by atoms with Crippen molar-refractivity contribution in [3.05, 3.63) is 39.9 Å². The molecule has 0 aromatic heterocycles. The second kappa shape index (κ2) is 6.30. The third kappa shape index (κ3) is 3.75. The highest BCUT2D eigenvalue weighted by Crippen LogP contribution is 2.47. The van der Waals surface area contributed by atoms with Crippen LogP contribution < -0.4 is 5.32 Å². The Morgan fingerprint density at radius 1 is 1.35 bits per heavy atom. The van der Waals surface area contributed by atoms with E-state index in [0.717, 1.165) is 25.8 Å². The van der Waals surface area contributed by atoms with Gasteiger partial charge in [-0.2, -0.15) is 0 Å². The molecule has 6 heteroatoms. The van der Waals surface area contributed by atoms with Crippen LogP contribution in [0.3, 0.4) is 0 Å². The number of benzene rings is 1. The summed E-state index contributed by atoms with van der Waals surface area (Å²) in [5.41, 5.74) is 0.896. The van der Waals surface area contributed by atoms with Gasteiger partial charge in [0, 0.05) is 31.8 Å². The summed E-state index contributed by atoms with van der Waals surface area (Å²) in [7, 11) is 0. The second-order valence-corrected chi connectivity index (χ2v) is 5.47. The van der Waals surface area contributed by atoms with Gasteiger partial charge in [-0.3, -0.25) is 10.1 Å². The summed E-state index contributed by atoms with van der Waals surface area (Å²) in [5.74, 6) is 0. The van der Waals surface area contributed by atoms with E-state index >= 15 is 0 Å². The third-order valence-corrected chi connectivity index (χ3v) is 3.93. The summed E-state index contributed by atoms with van der Waals surface area (Å²) in [5, 5.41) is 32.7. The van der Waals surface area contributed by atoms with Crippen LogP contribution in [-0.4, -0.2) is 34.8 Å². The zero-order valence-electron chi connectivity index (χ0n) is 11.3. The van der Waals surface area contributed by atoms with E-state index in [1.54, 1.807) is 12.1 Å². The summed E-state index contributed by atoms with van der Waals surface area (Å²) >= 11 is 0. The Balaban J connectivity index is 1.79. The molecule has 1 unspecified atom stereocenters. The molecule has 110 valence electrons. The van der Waals surface area contributed by atoms with E-state index in [9.17, 15) is 15.2 Å². The molecule has 1 saturated carbocycles. The smallest absolute Gasteiger partial charge is 0.269 e. The van der Waals surface area contributed by atoms with Crippen molar-refractivity contribution in [1.82, 2.24) is 5.32 Å². The van der Waals surface area contributed by atoms with Crippen molar-refractivity contribution in [1.29, 1.82) is 0 Å². The predicted molar refractivity (Wildman–Crippen MR) is 74.3 cm³/mol. The van der Waals surface area contributed by atoms with Gasteiger partial charge in [-0.05, 0) is 42.4 Å². The first-order chi connectivity index (χ1) is 9.56. The van der Waals surface area contributed by atoms with Gasteiger partial charge < -0.3 is 15.5 Å². The lowest BCUT2D eigenvalue weighted by Crippen LogP contribution is -2.28. The molecule has 6 nitrogen and oxygen atoms in total. The Morgan fingerprint density at radius 3 is 2.50 bits per heavy atom. The largest absolute Gasteiger partial charge is 0.396 e. The van der Waals surface area contributed by atoms with Crippen LogP contribution in [0.1, 0.15) is 30.9 Å². The molecular weight excluding hydrogens is 260 g/mol. The minimum Gasteiger partial charge on any atom is -0.396 e. The highest BCUT2D eigenvalue weighted by atomic mass is 16.6. The average Bonchev–Trinajstić information content (AvgIpc) is 3.19. The number of rotatable bonds is 8. The Morgan fingerprint density at radius 2 is 2.00 bits per heavy atom. The molecule has 1 aliphatic rings. The number of non-ortho nitro benzene ring substituents is 1. The maximum absolute atomic E-state index is 10.5. The molecule has 1 aliphatic carbocycles. The molecule has 0 spiro atoms. The van der Waals surface area contributed by atoms with Crippen LogP contribution in [0.5, 0.6) is 0 Å². The first kappa shape index (κ1) is 14.9. The van der Waals surface area contributed by atoms with Crippen molar-refractivity contribution < 1.29 is 15.1 Å². The molecule has 1 aromatic rings. The van der Waals surface area contributed by atoms with E-state index in [2.05, 4.69) is 5.32 Å². The molecule has 1 atom stereocenters. The molecule has 0 saturated heterocycles. The number of nitro groups is 1. The zero-order valence-corrected chi connectivity index (χ0v) is 11.3. The fourth-order valence-corrected chi connectivity index (χ4v) is 2.34. The fourth-order valence-electron chi connectivity index (χ4n) is 2.34. The molecule has 0 bridgehead atoms. The number of nitro benzene ring substituents is 1. The van der Waals surface area contributed by atoms with Crippen molar-refractivity contribution in [2.45, 2.75) is 25.4 Å². The molecule has 20 heavy (non-hydrogen) atoms. The van der Waals surface area contributed by atoms with Crippen LogP contribution in [0.4, 0.5) is 5.69 Å². The fraction of sp³-hybridized carbons (Fsp3) is 0.571. The summed E-state index contributed by atoms with van der Waals surface area (Å²) in [4.78, 5) is 10.1. The molecule has 0 radical (unpaired) electrons. The van der Waals surface area contributed by atoms with Crippen LogP contribution >= 0.6 is 0 Å². The maximum atomic E-state index is 10.5. The number of aliphatic hydroxyl groups excluding tert-OH is 2. The molecule has 3 N–H and O–H groups in total. The minimum atomic E-state index is -0.680. The minimum absolute atomic E-state index is 0.0220. The molecular formula is C14H20N2O4. The van der Waals surface area contributed by atoms with E-state index in [1.165, 1.54) is 12.1 Å². The van der Waals surface area contributed by atoms with Gasteiger partial charge >= 0.3 is 0 Å². The van der Waals surface area contributed by atoms with Gasteiger partial charge in [0.15, 0.2) is 0 Å². The van der Waals surface area contributed by atoms with Crippen molar-refractivity contribution >= 4 is 5.69 Å². The van der Waals surface area contributed by atoms with E-state index < -0.39 is 11.0 Å². The second-order valence-electron chi connectivity index (χ2n) is 5.47. The quantitative estimate of drug-likeness (QED) is 0.494. The van der Waals surface area contributed by atoms with Crippen molar-refractivity contribution in [2.75, 3.05) is 19.7 Å². The summed E-state index contributed by atoms with van der Waals surface area (Å²) in [6.45, 7) is 1.40. The van der Waals surface area contributed by atoms with E-state index in [1.807, 2.05) is 0 Å². The van der Waals surface area contributed by atoms with Gasteiger partial charge in [0.1, 0.15) is 0 Å². The van der Waals surface area contributed by atoms with E-state index in [-0.39, 0.29) is 17.7 Å². The Bertz CT molecular complexity index is 457. The lowest BCUT2D eigenvalue weighted by atomic mass is 10.0. The zero-order chi connectivity index (χ0) is 14.6. The number of aliphatic hydroxyl groups is 2. The Labute approximate surface area is 117 Å². The SMILES string of the molecule is O=[N+]([O-])c1ccc(C(O)CNCC2(CCO)CC2)cc1. The van der Waals surface area contributed by atoms with Gasteiger partial charge in [0.05, 0.1) is 11.0 Å². The summed E-state index contributed by atoms with van der Waals surface area (Å²) in [6.07, 6.45) is 2.36. The van der Waals surface area contributed by atoms with Crippen molar-refractivity contribution in [3.63, 3.8) is 0 Å². The molecule has 1 aromatic carbocycles. The van der Waals surface area contributed by atoms with Crippen LogP contribution in [-0.2, 0) is 0 Å². The number of hydrogen-bond donors (Lipinski definition) is 3. The molecule has 2 rings (SSSR count). The highest BCUT2D eigenvalue weighted by Gasteiger charge is 2.41. The highest BCUT2D eigenvalue weighted by molar-refractivity contribution is 5.33. The van der Waals surface area contributed by atoms with Crippen LogP contribution in [0.15, 0.2) is 24.3 Å². The van der Waals surface area contributed by atoms with Crippen LogP contribution in [0.2, 0.25) is 0 Å². The maximum Gasteiger partial charge on any atom is 0.269 e. The first-order valence-corrected chi connectivity index (χ1v) is 6.80. The van der Waals surface area contributed by atoms with Gasteiger partial charge in [-0.25, -0.2) is 0 Å².